The number of allylic oxidation sites excluding steroid dienone is 1. The van der Waals surface area contributed by atoms with E-state index in [1.165, 1.54) is 18.5 Å². The lowest BCUT2D eigenvalue weighted by molar-refractivity contribution is 0.167. The molecule has 0 bridgehead atoms. The van der Waals surface area contributed by atoms with Crippen LogP contribution in [0.3, 0.4) is 0 Å². The second-order valence-electron chi connectivity index (χ2n) is 1.98. The Kier molecular flexibility index (Phi) is 3.99. The number of nitrogens with one attached hydrogen (secondary N) is 1. The molecule has 0 spiro atoms. The molecule has 0 atom stereocenters. The van der Waals surface area contributed by atoms with Crippen LogP contribution in [0.25, 0.3) is 0 Å². The molecule has 0 aliphatic carbocycles. The number of amides is 1. The number of carbonyl (C=O) groups is 1. The molecular weight excluding hydrogens is 182 g/mol. The lowest BCUT2D eigenvalue weighted by atomic mass is 10.5. The Labute approximate surface area is 75.3 Å². The highest BCUT2D eigenvalue weighted by Crippen LogP contribution is 1.95. The molecule has 1 aliphatic rings. The minimum absolute atomic E-state index is 0. The maximum absolute atomic E-state index is 10.4. The first-order valence-electron chi connectivity index (χ1n) is 2.98. The topological polar surface area (TPSA) is 76.8 Å². The van der Waals surface area contributed by atoms with E-state index in [-0.39, 0.29) is 24.8 Å². The Morgan fingerprint density at radius 2 is 2.42 bits per heavy atom. The smallest absolute Gasteiger partial charge is 0.411 e. The molecule has 0 aromatic heterocycles. The zero-order valence-electron chi connectivity index (χ0n) is 6.10. The Morgan fingerprint density at radius 1 is 1.75 bits per heavy atom. The van der Waals surface area contributed by atoms with E-state index < -0.39 is 6.09 Å². The molecule has 12 heavy (non-hydrogen) atoms. The quantitative estimate of drug-likeness (QED) is 0.596. The van der Waals surface area contributed by atoms with Crippen molar-refractivity contribution in [3.8, 4) is 0 Å². The van der Waals surface area contributed by atoms with Crippen LogP contribution in [0.2, 0.25) is 0 Å². The molecule has 0 aromatic rings. The number of nitrogens with zero attached hydrogens (tertiary/aromatic N) is 2. The molecule has 0 aromatic carbocycles. The zero-order valence-corrected chi connectivity index (χ0v) is 6.91. The van der Waals surface area contributed by atoms with Crippen LogP contribution in [0.1, 0.15) is 0 Å². The Bertz CT molecular complexity index is 249. The third-order valence-corrected chi connectivity index (χ3v) is 1.15. The van der Waals surface area contributed by atoms with E-state index in [4.69, 9.17) is 10.5 Å². The van der Waals surface area contributed by atoms with Crippen molar-refractivity contribution in [1.29, 1.82) is 5.41 Å². The van der Waals surface area contributed by atoms with Crippen LogP contribution < -0.4 is 0 Å². The van der Waals surface area contributed by atoms with Crippen LogP contribution in [0.15, 0.2) is 17.3 Å². The third kappa shape index (κ3) is 2.71. The lowest BCUT2D eigenvalue weighted by Crippen LogP contribution is -2.27. The van der Waals surface area contributed by atoms with Gasteiger partial charge in [-0.05, 0) is 6.08 Å². The molecule has 0 unspecified atom stereocenters. The predicted molar refractivity (Wildman–Crippen MR) is 47.3 cm³/mol. The number of amidine groups is 1. The summed E-state index contributed by atoms with van der Waals surface area (Å²) in [5.74, 6) is 0.0393. The van der Waals surface area contributed by atoms with E-state index in [1.54, 1.807) is 0 Å². The van der Waals surface area contributed by atoms with Crippen LogP contribution in [-0.4, -0.2) is 34.7 Å². The predicted octanol–water partition coefficient (Wildman–Crippen LogP) is 0.964. The van der Waals surface area contributed by atoms with Gasteiger partial charge in [0.05, 0.1) is 6.54 Å². The summed E-state index contributed by atoms with van der Waals surface area (Å²) in [6.07, 6.45) is 3.17. The van der Waals surface area contributed by atoms with E-state index in [1.807, 2.05) is 0 Å². The van der Waals surface area contributed by atoms with E-state index in [0.717, 1.165) is 4.90 Å². The van der Waals surface area contributed by atoms with Gasteiger partial charge in [-0.3, -0.25) is 10.3 Å². The zero-order chi connectivity index (χ0) is 8.27. The van der Waals surface area contributed by atoms with Crippen molar-refractivity contribution in [3.05, 3.63) is 12.3 Å². The first kappa shape index (κ1) is 10.6. The van der Waals surface area contributed by atoms with E-state index in [0.29, 0.717) is 0 Å². The fourth-order valence-electron chi connectivity index (χ4n) is 0.662. The van der Waals surface area contributed by atoms with Crippen molar-refractivity contribution < 1.29 is 9.90 Å². The number of hydrogen-bond donors (Lipinski definition) is 2. The second-order valence-corrected chi connectivity index (χ2v) is 1.98. The first-order valence-corrected chi connectivity index (χ1v) is 2.98. The van der Waals surface area contributed by atoms with Crippen LogP contribution in [-0.2, 0) is 0 Å². The van der Waals surface area contributed by atoms with Crippen molar-refractivity contribution in [2.24, 2.45) is 4.99 Å². The van der Waals surface area contributed by atoms with Crippen LogP contribution in [0.5, 0.6) is 0 Å². The van der Waals surface area contributed by atoms with Gasteiger partial charge in [-0.15, -0.1) is 12.4 Å². The summed E-state index contributed by atoms with van der Waals surface area (Å²) in [5, 5.41) is 15.6. The largest absolute Gasteiger partial charge is 0.465 e. The molecule has 1 amide bonds. The van der Waals surface area contributed by atoms with E-state index in [9.17, 15) is 4.79 Å². The Hall–Kier alpha value is -1.36. The molecule has 1 rings (SSSR count). The first-order chi connectivity index (χ1) is 5.20. The summed E-state index contributed by atoms with van der Waals surface area (Å²) in [6, 6.07) is 0. The van der Waals surface area contributed by atoms with Crippen molar-refractivity contribution in [2.75, 3.05) is 6.54 Å². The molecule has 1 heterocycles. The maximum atomic E-state index is 10.4. The van der Waals surface area contributed by atoms with Gasteiger partial charge in [0.2, 0.25) is 0 Å². The number of carboxylic acid groups (broad SMARTS) is 1. The fraction of sp³-hybridized carbons (Fsp3) is 0.167. The van der Waals surface area contributed by atoms with Crippen LogP contribution in [0, 0.1) is 5.41 Å². The molecule has 2 N–H and O–H groups in total. The minimum Gasteiger partial charge on any atom is -0.465 e. The summed E-state index contributed by atoms with van der Waals surface area (Å²) in [4.78, 5) is 15.0. The molecule has 66 valence electrons. The highest BCUT2D eigenvalue weighted by Gasteiger charge is 2.10. The van der Waals surface area contributed by atoms with E-state index in [2.05, 4.69) is 4.99 Å². The van der Waals surface area contributed by atoms with Gasteiger partial charge in [-0.2, -0.15) is 0 Å². The third-order valence-electron chi connectivity index (χ3n) is 1.15. The maximum Gasteiger partial charge on any atom is 0.411 e. The summed E-state index contributed by atoms with van der Waals surface area (Å²) in [7, 11) is 0. The highest BCUT2D eigenvalue weighted by molar-refractivity contribution is 5.94. The number of aliphatic imine (C=N–C) groups is 1. The molecule has 0 fully saturated rings. The summed E-state index contributed by atoms with van der Waals surface area (Å²) in [6.45, 7) is 0.0162. The molecule has 0 radical (unpaired) electrons. The number of rotatable bonds is 0. The lowest BCUT2D eigenvalue weighted by Gasteiger charge is -2.10. The van der Waals surface area contributed by atoms with Crippen molar-refractivity contribution >= 4 is 30.6 Å². The van der Waals surface area contributed by atoms with Crippen molar-refractivity contribution in [2.45, 2.75) is 0 Å². The highest BCUT2D eigenvalue weighted by atomic mass is 35.5. The van der Waals surface area contributed by atoms with Gasteiger partial charge in [-0.25, -0.2) is 9.79 Å². The fourth-order valence-corrected chi connectivity index (χ4v) is 0.662. The van der Waals surface area contributed by atoms with Gasteiger partial charge < -0.3 is 5.11 Å². The van der Waals surface area contributed by atoms with Gasteiger partial charge in [0.25, 0.3) is 0 Å². The number of halogens is 1. The molecule has 0 saturated carbocycles. The monoisotopic (exact) mass is 189 g/mol. The van der Waals surface area contributed by atoms with Gasteiger partial charge in [0, 0.05) is 12.4 Å². The van der Waals surface area contributed by atoms with Crippen molar-refractivity contribution in [1.82, 2.24) is 4.90 Å². The van der Waals surface area contributed by atoms with Crippen molar-refractivity contribution in [3.63, 3.8) is 0 Å². The summed E-state index contributed by atoms with van der Waals surface area (Å²) < 4.78 is 0. The van der Waals surface area contributed by atoms with Crippen LogP contribution >= 0.6 is 12.4 Å². The molecule has 1 aliphatic heterocycles. The minimum atomic E-state index is -1.07. The summed E-state index contributed by atoms with van der Waals surface area (Å²) >= 11 is 0. The average Bonchev–Trinajstić information content (AvgIpc) is 2.13. The SMILES string of the molecule is Cl.N=C1CN(C(=O)O)C=CC=N1. The van der Waals surface area contributed by atoms with Crippen LogP contribution in [0.4, 0.5) is 4.79 Å². The molecule has 0 saturated heterocycles. The standard InChI is InChI=1S/C6H7N3O2.ClH/c7-5-4-9(6(10)11)3-1-2-8-5;/h1-3,7H,4H2,(H,10,11);1H. The van der Waals surface area contributed by atoms with Gasteiger partial charge in [0.15, 0.2) is 0 Å². The molecule has 5 nitrogen and oxygen atoms in total. The van der Waals surface area contributed by atoms with Gasteiger partial charge in [0.1, 0.15) is 5.84 Å². The van der Waals surface area contributed by atoms with E-state index >= 15 is 0 Å². The Balaban J connectivity index is 0.00000121. The second kappa shape index (κ2) is 4.50. The van der Waals surface area contributed by atoms with Gasteiger partial charge >= 0.3 is 6.09 Å². The normalized spacial score (nSPS) is 15.3. The summed E-state index contributed by atoms with van der Waals surface area (Å²) in [5.41, 5.74) is 0. The Morgan fingerprint density at radius 3 is 3.00 bits per heavy atom. The molecule has 6 heteroatoms. The average molecular weight is 190 g/mol. The molecular formula is C6H8ClN3O2. The number of hydrogen-bond acceptors (Lipinski definition) is 2. The van der Waals surface area contributed by atoms with Gasteiger partial charge in [-0.1, -0.05) is 0 Å².